The first-order chi connectivity index (χ1) is 15.1. The molecule has 1 aromatic heterocycles. The van der Waals surface area contributed by atoms with Gasteiger partial charge in [0.15, 0.2) is 5.69 Å². The summed E-state index contributed by atoms with van der Waals surface area (Å²) in [4.78, 5) is 8.82. The van der Waals surface area contributed by atoms with Gasteiger partial charge >= 0.3 is 0 Å². The molecule has 0 N–H and O–H groups in total. The Morgan fingerprint density at radius 1 is 0.871 bits per heavy atom. The Hall–Kier alpha value is -3.38. The van der Waals surface area contributed by atoms with Crippen molar-refractivity contribution in [2.75, 3.05) is 0 Å². The van der Waals surface area contributed by atoms with E-state index in [1.165, 1.54) is 53.6 Å². The molecule has 1 heterocycles. The molecule has 0 amide bonds. The van der Waals surface area contributed by atoms with Crippen molar-refractivity contribution in [3.05, 3.63) is 88.3 Å². The molecule has 1 saturated carbocycles. The van der Waals surface area contributed by atoms with Gasteiger partial charge in [-0.1, -0.05) is 36.4 Å². The smallest absolute Gasteiger partial charge is 0.187 e. The zero-order valence-corrected chi connectivity index (χ0v) is 18.0. The second kappa shape index (κ2) is 6.82. The Morgan fingerprint density at radius 2 is 1.52 bits per heavy atom. The summed E-state index contributed by atoms with van der Waals surface area (Å²) in [6.07, 6.45) is 5.28. The molecule has 1 fully saturated rings. The van der Waals surface area contributed by atoms with Crippen molar-refractivity contribution >= 4 is 16.7 Å². The third-order valence-electron chi connectivity index (χ3n) is 7.36. The van der Waals surface area contributed by atoms with Gasteiger partial charge in [-0.05, 0) is 91.8 Å². The molecule has 0 radical (unpaired) electrons. The molecule has 7 rings (SSSR count). The molecule has 3 aromatic carbocycles. The van der Waals surface area contributed by atoms with Crippen LogP contribution in [-0.2, 0) is 0 Å². The zero-order chi connectivity index (χ0) is 21.1. The molecule has 3 aliphatic rings. The highest BCUT2D eigenvalue weighted by molar-refractivity contribution is 5.86. The minimum absolute atomic E-state index is 0.648. The molecular formula is C28H25N3. The third-order valence-corrected chi connectivity index (χ3v) is 7.36. The number of fused-ring (bicyclic) bond motifs is 3. The van der Waals surface area contributed by atoms with E-state index in [4.69, 9.17) is 11.6 Å². The average molecular weight is 404 g/mol. The quantitative estimate of drug-likeness (QED) is 0.316. The minimum atomic E-state index is 0.648. The van der Waals surface area contributed by atoms with Crippen LogP contribution in [-0.4, -0.2) is 9.55 Å². The third kappa shape index (κ3) is 2.75. The van der Waals surface area contributed by atoms with Gasteiger partial charge in [0.25, 0.3) is 0 Å². The Balaban J connectivity index is 1.70. The van der Waals surface area contributed by atoms with E-state index in [0.717, 1.165) is 16.9 Å². The summed E-state index contributed by atoms with van der Waals surface area (Å²) in [6.45, 7) is 11.8. The fourth-order valence-electron chi connectivity index (χ4n) is 5.87. The summed E-state index contributed by atoms with van der Waals surface area (Å²) in [6, 6.07) is 19.1. The lowest BCUT2D eigenvalue weighted by Gasteiger charge is -2.38. The molecule has 3 aliphatic carbocycles. The Labute approximate surface area is 183 Å². The molecule has 2 bridgehead atoms. The molecule has 0 aliphatic heterocycles. The van der Waals surface area contributed by atoms with Crippen molar-refractivity contribution in [3.8, 4) is 17.1 Å². The van der Waals surface area contributed by atoms with E-state index < -0.39 is 0 Å². The number of aromatic nitrogens is 2. The number of para-hydroxylation sites is 1. The van der Waals surface area contributed by atoms with E-state index in [2.05, 4.69) is 59.7 Å². The van der Waals surface area contributed by atoms with Crippen molar-refractivity contribution in [2.24, 2.45) is 0 Å². The van der Waals surface area contributed by atoms with Gasteiger partial charge < -0.3 is 0 Å². The maximum atomic E-state index is 7.46. The molecule has 0 saturated heterocycles. The van der Waals surface area contributed by atoms with Crippen molar-refractivity contribution in [2.45, 2.75) is 51.4 Å². The van der Waals surface area contributed by atoms with Gasteiger partial charge in [-0.2, -0.15) is 0 Å². The predicted octanol–water partition coefficient (Wildman–Crippen LogP) is 7.61. The van der Waals surface area contributed by atoms with Gasteiger partial charge in [0.05, 0.1) is 23.3 Å². The topological polar surface area (TPSA) is 22.2 Å². The van der Waals surface area contributed by atoms with Gasteiger partial charge in [0.1, 0.15) is 5.82 Å². The average Bonchev–Trinajstić information content (AvgIpc) is 3.17. The number of imidazole rings is 1. The highest BCUT2D eigenvalue weighted by Crippen LogP contribution is 2.50. The first-order valence-corrected chi connectivity index (χ1v) is 11.2. The lowest BCUT2D eigenvalue weighted by molar-refractivity contribution is 0.359. The highest BCUT2D eigenvalue weighted by Gasteiger charge is 2.34. The van der Waals surface area contributed by atoms with Crippen LogP contribution in [0, 0.1) is 20.4 Å². The van der Waals surface area contributed by atoms with Crippen LogP contribution >= 0.6 is 0 Å². The number of benzene rings is 3. The highest BCUT2D eigenvalue weighted by atomic mass is 15.1. The van der Waals surface area contributed by atoms with E-state index >= 15 is 0 Å². The summed E-state index contributed by atoms with van der Waals surface area (Å²) in [5, 5.41) is 0. The Kier molecular flexibility index (Phi) is 4.05. The van der Waals surface area contributed by atoms with Crippen LogP contribution < -0.4 is 0 Å². The summed E-state index contributed by atoms with van der Waals surface area (Å²) < 4.78 is 2.34. The summed E-state index contributed by atoms with van der Waals surface area (Å²) in [5.74, 6) is 2.32. The Bertz CT molecular complexity index is 1360. The fourth-order valence-corrected chi connectivity index (χ4v) is 5.87. The van der Waals surface area contributed by atoms with E-state index in [1.54, 1.807) is 5.56 Å². The molecule has 4 aromatic rings. The summed E-state index contributed by atoms with van der Waals surface area (Å²) >= 11 is 0. The van der Waals surface area contributed by atoms with Crippen molar-refractivity contribution in [1.82, 2.24) is 9.55 Å². The van der Waals surface area contributed by atoms with Gasteiger partial charge in [0, 0.05) is 5.56 Å². The van der Waals surface area contributed by atoms with Gasteiger partial charge in [0.2, 0.25) is 0 Å². The SMILES string of the molecule is [C-]#[N+]c1cccc(-c2nc3cc4c(cc3n2-c2c(C)cccc2C)C2CCC4CC2)c1. The normalized spacial score (nSPS) is 19.4. The number of hydrogen-bond donors (Lipinski definition) is 0. The molecule has 0 atom stereocenters. The van der Waals surface area contributed by atoms with Crippen LogP contribution in [0.2, 0.25) is 0 Å². The lowest BCUT2D eigenvalue weighted by Crippen LogP contribution is -2.21. The molecule has 31 heavy (non-hydrogen) atoms. The fraction of sp³-hybridized carbons (Fsp3) is 0.286. The first-order valence-electron chi connectivity index (χ1n) is 11.2. The first kappa shape index (κ1) is 18.4. The summed E-state index contributed by atoms with van der Waals surface area (Å²) in [7, 11) is 0. The lowest BCUT2D eigenvalue weighted by atomic mass is 9.67. The standard InChI is InChI=1S/C28H25N3/c1-17-6-4-7-18(2)27(17)31-26-16-24-20-12-10-19(11-13-20)23(24)15-25(26)30-28(31)21-8-5-9-22(14-21)29-3/h4-9,14-16,19-20H,10-13H2,1-2H3. The molecule has 0 unspecified atom stereocenters. The Morgan fingerprint density at radius 3 is 2.19 bits per heavy atom. The molecule has 3 heteroatoms. The van der Waals surface area contributed by atoms with Crippen molar-refractivity contribution in [3.63, 3.8) is 0 Å². The van der Waals surface area contributed by atoms with Crippen LogP contribution in [0.5, 0.6) is 0 Å². The number of hydrogen-bond acceptors (Lipinski definition) is 1. The van der Waals surface area contributed by atoms with Crippen LogP contribution in [0.1, 0.15) is 59.8 Å². The largest absolute Gasteiger partial charge is 0.292 e. The van der Waals surface area contributed by atoms with Crippen molar-refractivity contribution < 1.29 is 0 Å². The maximum absolute atomic E-state index is 7.46. The monoisotopic (exact) mass is 403 g/mol. The van der Waals surface area contributed by atoms with Crippen LogP contribution in [0.3, 0.4) is 0 Å². The molecule has 3 nitrogen and oxygen atoms in total. The van der Waals surface area contributed by atoms with Gasteiger partial charge in [-0.15, -0.1) is 0 Å². The van der Waals surface area contributed by atoms with Gasteiger partial charge in [-0.25, -0.2) is 9.83 Å². The molecular weight excluding hydrogens is 378 g/mol. The van der Waals surface area contributed by atoms with Crippen LogP contribution in [0.15, 0.2) is 54.6 Å². The minimum Gasteiger partial charge on any atom is -0.292 e. The maximum Gasteiger partial charge on any atom is 0.187 e. The van der Waals surface area contributed by atoms with E-state index in [1.807, 2.05) is 18.2 Å². The zero-order valence-electron chi connectivity index (χ0n) is 18.0. The number of rotatable bonds is 2. The summed E-state index contributed by atoms with van der Waals surface area (Å²) in [5.41, 5.74) is 10.6. The molecule has 0 spiro atoms. The second-order valence-electron chi connectivity index (χ2n) is 9.19. The van der Waals surface area contributed by atoms with Crippen molar-refractivity contribution in [1.29, 1.82) is 0 Å². The number of nitrogens with zero attached hydrogens (tertiary/aromatic N) is 3. The van der Waals surface area contributed by atoms with E-state index in [0.29, 0.717) is 17.5 Å². The second-order valence-corrected chi connectivity index (χ2v) is 9.19. The van der Waals surface area contributed by atoms with Crippen LogP contribution in [0.25, 0.3) is 33.0 Å². The van der Waals surface area contributed by atoms with E-state index in [9.17, 15) is 0 Å². The number of aryl methyl sites for hydroxylation is 2. The van der Waals surface area contributed by atoms with Crippen LogP contribution in [0.4, 0.5) is 5.69 Å². The molecule has 152 valence electrons. The van der Waals surface area contributed by atoms with Gasteiger partial charge in [-0.3, -0.25) is 4.57 Å². The van der Waals surface area contributed by atoms with E-state index in [-0.39, 0.29) is 0 Å². The predicted molar refractivity (Wildman–Crippen MR) is 126 cm³/mol.